The molecule has 0 spiro atoms. The van der Waals surface area contributed by atoms with Gasteiger partial charge in [-0.05, 0) is 36.0 Å². The molecule has 2 amide bonds. The fourth-order valence-electron chi connectivity index (χ4n) is 3.32. The summed E-state index contributed by atoms with van der Waals surface area (Å²) in [5, 5.41) is 15.2. The Morgan fingerprint density at radius 2 is 1.64 bits per heavy atom. The topological polar surface area (TPSA) is 84.0 Å². The Hall–Kier alpha value is -3.06. The molecule has 7 heteroatoms. The molecule has 2 aromatic carbocycles. The van der Waals surface area contributed by atoms with E-state index in [0.29, 0.717) is 10.7 Å². The van der Waals surface area contributed by atoms with E-state index in [4.69, 9.17) is 0 Å². The van der Waals surface area contributed by atoms with E-state index in [1.54, 1.807) is 12.1 Å². The van der Waals surface area contributed by atoms with Gasteiger partial charge in [-0.25, -0.2) is 0 Å². The first kappa shape index (κ1) is 24.6. The van der Waals surface area contributed by atoms with Crippen LogP contribution in [0.2, 0.25) is 0 Å². The average Bonchev–Trinajstić information content (AvgIpc) is 3.25. The number of nitrogens with one attached hydrogen (secondary N) is 2. The zero-order chi connectivity index (χ0) is 24.2. The van der Waals surface area contributed by atoms with Crippen LogP contribution in [0.1, 0.15) is 62.5 Å². The molecule has 0 radical (unpaired) electrons. The van der Waals surface area contributed by atoms with Gasteiger partial charge in [0.25, 0.3) is 5.91 Å². The van der Waals surface area contributed by atoms with Crippen molar-refractivity contribution in [3.8, 4) is 10.6 Å². The number of nitrogens with zero attached hydrogens (tertiary/aromatic N) is 2. The molecule has 0 saturated carbocycles. The van der Waals surface area contributed by atoms with Gasteiger partial charge in [0.15, 0.2) is 0 Å². The number of carbonyl (C=O) groups excluding carboxylic acids is 2. The highest BCUT2D eigenvalue weighted by molar-refractivity contribution is 7.18. The number of aromatic nitrogens is 2. The highest BCUT2D eigenvalue weighted by Gasteiger charge is 2.27. The molecule has 0 aliphatic rings. The molecule has 174 valence electrons. The van der Waals surface area contributed by atoms with Gasteiger partial charge in [0.1, 0.15) is 11.0 Å². The standard InChI is InChI=1S/C26H32N4O2S/c1-7-17(3)21(27-22(31)18-12-14-20(15-13-18)26(4,5)6)23(32)28-25-30-29-24(33-25)19-10-8-16(2)9-11-19/h8-15,17,21H,7H2,1-6H3,(H,27,31)(H,28,30,32). The second-order valence-electron chi connectivity index (χ2n) is 9.43. The van der Waals surface area contributed by atoms with Crippen LogP contribution in [0.15, 0.2) is 48.5 Å². The molecule has 0 saturated heterocycles. The number of carbonyl (C=O) groups is 2. The van der Waals surface area contributed by atoms with E-state index in [0.717, 1.165) is 28.1 Å². The molecule has 6 nitrogen and oxygen atoms in total. The van der Waals surface area contributed by atoms with E-state index in [1.165, 1.54) is 11.3 Å². The number of rotatable bonds is 7. The van der Waals surface area contributed by atoms with Crippen molar-refractivity contribution < 1.29 is 9.59 Å². The van der Waals surface area contributed by atoms with Gasteiger partial charge in [0, 0.05) is 11.1 Å². The summed E-state index contributed by atoms with van der Waals surface area (Å²) in [4.78, 5) is 26.0. The highest BCUT2D eigenvalue weighted by Crippen LogP contribution is 2.27. The van der Waals surface area contributed by atoms with Gasteiger partial charge in [0.05, 0.1) is 0 Å². The Balaban J connectivity index is 1.71. The summed E-state index contributed by atoms with van der Waals surface area (Å²) >= 11 is 1.31. The van der Waals surface area contributed by atoms with Crippen molar-refractivity contribution in [3.05, 3.63) is 65.2 Å². The van der Waals surface area contributed by atoms with E-state index in [9.17, 15) is 9.59 Å². The summed E-state index contributed by atoms with van der Waals surface area (Å²) < 4.78 is 0. The minimum absolute atomic E-state index is 0.00727. The van der Waals surface area contributed by atoms with Gasteiger partial charge in [-0.15, -0.1) is 10.2 Å². The molecule has 1 heterocycles. The average molecular weight is 465 g/mol. The Morgan fingerprint density at radius 1 is 1.00 bits per heavy atom. The van der Waals surface area contributed by atoms with E-state index in [-0.39, 0.29) is 23.1 Å². The van der Waals surface area contributed by atoms with Crippen molar-refractivity contribution in [2.45, 2.75) is 59.4 Å². The first-order chi connectivity index (χ1) is 15.6. The molecule has 0 fully saturated rings. The highest BCUT2D eigenvalue weighted by atomic mass is 32.1. The number of amides is 2. The van der Waals surface area contributed by atoms with Crippen molar-refractivity contribution in [2.75, 3.05) is 5.32 Å². The Labute approximate surface area is 199 Å². The predicted molar refractivity (Wildman–Crippen MR) is 135 cm³/mol. The van der Waals surface area contributed by atoms with Gasteiger partial charge >= 0.3 is 0 Å². The summed E-state index contributed by atoms with van der Waals surface area (Å²) in [5.41, 5.74) is 3.80. The summed E-state index contributed by atoms with van der Waals surface area (Å²) in [6.07, 6.45) is 0.742. The molecular formula is C26H32N4O2S. The van der Waals surface area contributed by atoms with Crippen molar-refractivity contribution in [2.24, 2.45) is 5.92 Å². The van der Waals surface area contributed by atoms with Crippen molar-refractivity contribution in [3.63, 3.8) is 0 Å². The minimum atomic E-state index is -0.684. The Bertz CT molecular complexity index is 1100. The fourth-order valence-corrected chi connectivity index (χ4v) is 4.07. The van der Waals surface area contributed by atoms with Crippen LogP contribution in [0.5, 0.6) is 0 Å². The lowest BCUT2D eigenvalue weighted by molar-refractivity contribution is -0.119. The summed E-state index contributed by atoms with van der Waals surface area (Å²) in [6.45, 7) is 12.4. The van der Waals surface area contributed by atoms with Crippen LogP contribution in [0.25, 0.3) is 10.6 Å². The van der Waals surface area contributed by atoms with Crippen LogP contribution in [0, 0.1) is 12.8 Å². The first-order valence-corrected chi connectivity index (χ1v) is 12.0. The lowest BCUT2D eigenvalue weighted by Crippen LogP contribution is -2.47. The second-order valence-corrected chi connectivity index (χ2v) is 10.4. The molecule has 33 heavy (non-hydrogen) atoms. The predicted octanol–water partition coefficient (Wildman–Crippen LogP) is 5.59. The van der Waals surface area contributed by atoms with Gasteiger partial charge in [0.2, 0.25) is 11.0 Å². The van der Waals surface area contributed by atoms with Crippen molar-refractivity contribution in [1.82, 2.24) is 15.5 Å². The van der Waals surface area contributed by atoms with Crippen LogP contribution in [-0.2, 0) is 10.2 Å². The summed E-state index contributed by atoms with van der Waals surface area (Å²) in [6, 6.07) is 14.8. The fraction of sp³-hybridized carbons (Fsp3) is 0.385. The smallest absolute Gasteiger partial charge is 0.251 e. The molecule has 3 aromatic rings. The lowest BCUT2D eigenvalue weighted by atomic mass is 9.86. The molecule has 2 unspecified atom stereocenters. The van der Waals surface area contributed by atoms with E-state index < -0.39 is 6.04 Å². The van der Waals surface area contributed by atoms with Crippen LogP contribution in [0.4, 0.5) is 5.13 Å². The first-order valence-electron chi connectivity index (χ1n) is 11.2. The van der Waals surface area contributed by atoms with E-state index in [2.05, 4.69) is 41.6 Å². The molecule has 2 N–H and O–H groups in total. The molecule has 3 rings (SSSR count). The maximum absolute atomic E-state index is 13.1. The van der Waals surface area contributed by atoms with Crippen LogP contribution < -0.4 is 10.6 Å². The second kappa shape index (κ2) is 10.3. The maximum atomic E-state index is 13.1. The molecule has 1 aromatic heterocycles. The molecule has 0 aliphatic carbocycles. The number of hydrogen-bond donors (Lipinski definition) is 2. The number of hydrogen-bond acceptors (Lipinski definition) is 5. The zero-order valence-electron chi connectivity index (χ0n) is 20.1. The maximum Gasteiger partial charge on any atom is 0.251 e. The molecule has 0 aliphatic heterocycles. The molecular weight excluding hydrogens is 432 g/mol. The third-order valence-corrected chi connectivity index (χ3v) is 6.64. The molecule has 2 atom stereocenters. The lowest BCUT2D eigenvalue weighted by Gasteiger charge is -2.23. The van der Waals surface area contributed by atoms with E-state index >= 15 is 0 Å². The van der Waals surface area contributed by atoms with Crippen LogP contribution >= 0.6 is 11.3 Å². The van der Waals surface area contributed by atoms with Crippen LogP contribution in [0.3, 0.4) is 0 Å². The number of anilines is 1. The van der Waals surface area contributed by atoms with E-state index in [1.807, 2.05) is 57.2 Å². The van der Waals surface area contributed by atoms with Crippen molar-refractivity contribution >= 4 is 28.3 Å². The Kier molecular flexibility index (Phi) is 7.64. The third kappa shape index (κ3) is 6.26. The minimum Gasteiger partial charge on any atom is -0.340 e. The summed E-state index contributed by atoms with van der Waals surface area (Å²) in [5.74, 6) is -0.614. The van der Waals surface area contributed by atoms with Gasteiger partial charge in [-0.1, -0.05) is 94.3 Å². The number of aryl methyl sites for hydroxylation is 1. The monoisotopic (exact) mass is 464 g/mol. The Morgan fingerprint density at radius 3 is 2.21 bits per heavy atom. The van der Waals surface area contributed by atoms with Gasteiger partial charge in [-0.2, -0.15) is 0 Å². The largest absolute Gasteiger partial charge is 0.340 e. The van der Waals surface area contributed by atoms with Crippen molar-refractivity contribution in [1.29, 1.82) is 0 Å². The quantitative estimate of drug-likeness (QED) is 0.477. The SMILES string of the molecule is CCC(C)C(NC(=O)c1ccc(C(C)(C)C)cc1)C(=O)Nc1nnc(-c2ccc(C)cc2)s1. The number of benzene rings is 2. The zero-order valence-corrected chi connectivity index (χ0v) is 20.9. The molecule has 0 bridgehead atoms. The van der Waals surface area contributed by atoms with Gasteiger partial charge < -0.3 is 5.32 Å². The van der Waals surface area contributed by atoms with Gasteiger partial charge in [-0.3, -0.25) is 14.9 Å². The summed E-state index contributed by atoms with van der Waals surface area (Å²) in [7, 11) is 0. The van der Waals surface area contributed by atoms with Crippen LogP contribution in [-0.4, -0.2) is 28.1 Å². The third-order valence-electron chi connectivity index (χ3n) is 5.75. The normalized spacial score (nSPS) is 13.3.